The van der Waals surface area contributed by atoms with Crippen LogP contribution in [0.5, 0.6) is 0 Å². The number of nitrogens with zero attached hydrogens (tertiary/aromatic N) is 1. The predicted molar refractivity (Wildman–Crippen MR) is 67.8 cm³/mol. The molecule has 1 amide bonds. The van der Waals surface area contributed by atoms with Crippen molar-refractivity contribution in [2.24, 2.45) is 0 Å². The summed E-state index contributed by atoms with van der Waals surface area (Å²) >= 11 is 0. The number of amides is 1. The molecule has 0 aliphatic rings. The molecule has 2 rings (SSSR count). The number of rotatable bonds is 2. The Bertz CT molecular complexity index is 535. The van der Waals surface area contributed by atoms with E-state index in [9.17, 15) is 4.79 Å². The number of anilines is 2. The van der Waals surface area contributed by atoms with Crippen molar-refractivity contribution in [2.75, 3.05) is 11.1 Å². The van der Waals surface area contributed by atoms with Crippen LogP contribution in [0.4, 0.5) is 11.5 Å². The van der Waals surface area contributed by atoms with Gasteiger partial charge in [-0.15, -0.1) is 0 Å². The molecule has 0 bridgehead atoms. The van der Waals surface area contributed by atoms with Gasteiger partial charge in [-0.25, -0.2) is 4.98 Å². The molecule has 0 saturated heterocycles. The van der Waals surface area contributed by atoms with Crippen LogP contribution in [0, 0.1) is 6.92 Å². The number of hydrogen-bond donors (Lipinski definition) is 2. The molecular weight excluding hydrogens is 214 g/mol. The monoisotopic (exact) mass is 227 g/mol. The highest BCUT2D eigenvalue weighted by Crippen LogP contribution is 2.10. The first kappa shape index (κ1) is 11.1. The molecule has 0 unspecified atom stereocenters. The summed E-state index contributed by atoms with van der Waals surface area (Å²) in [6.45, 7) is 1.97. The van der Waals surface area contributed by atoms with Gasteiger partial charge in [0.2, 0.25) is 0 Å². The maximum absolute atomic E-state index is 11.8. The van der Waals surface area contributed by atoms with E-state index in [4.69, 9.17) is 5.73 Å². The van der Waals surface area contributed by atoms with Gasteiger partial charge in [-0.05, 0) is 25.1 Å². The average Bonchev–Trinajstić information content (AvgIpc) is 2.29. The van der Waals surface area contributed by atoms with Crippen LogP contribution in [0.3, 0.4) is 0 Å². The molecule has 1 aromatic carbocycles. The number of carbonyl (C=O) groups is 1. The third-order valence-corrected chi connectivity index (χ3v) is 2.34. The second-order valence-corrected chi connectivity index (χ2v) is 3.79. The van der Waals surface area contributed by atoms with Crippen LogP contribution in [0.1, 0.15) is 15.9 Å². The van der Waals surface area contributed by atoms with E-state index in [0.717, 1.165) is 5.56 Å². The molecule has 86 valence electrons. The van der Waals surface area contributed by atoms with E-state index < -0.39 is 0 Å². The van der Waals surface area contributed by atoms with Crippen LogP contribution in [0.15, 0.2) is 42.6 Å². The predicted octanol–water partition coefficient (Wildman–Crippen LogP) is 2.22. The Morgan fingerprint density at radius 3 is 2.59 bits per heavy atom. The van der Waals surface area contributed by atoms with Gasteiger partial charge in [0.1, 0.15) is 5.82 Å². The van der Waals surface area contributed by atoms with Crippen molar-refractivity contribution in [1.82, 2.24) is 4.98 Å². The molecule has 17 heavy (non-hydrogen) atoms. The highest BCUT2D eigenvalue weighted by Gasteiger charge is 2.06. The maximum Gasteiger partial charge on any atom is 0.256 e. The van der Waals surface area contributed by atoms with Gasteiger partial charge in [-0.2, -0.15) is 0 Å². The SMILES string of the molecule is Cc1ccc(C(=O)Nc2cc(N)ccn2)cc1. The van der Waals surface area contributed by atoms with E-state index in [1.807, 2.05) is 19.1 Å². The first-order chi connectivity index (χ1) is 8.15. The number of aromatic nitrogens is 1. The summed E-state index contributed by atoms with van der Waals surface area (Å²) in [5.74, 6) is 0.263. The average molecular weight is 227 g/mol. The van der Waals surface area contributed by atoms with Crippen molar-refractivity contribution >= 4 is 17.4 Å². The zero-order valence-electron chi connectivity index (χ0n) is 9.47. The Balaban J connectivity index is 2.14. The van der Waals surface area contributed by atoms with E-state index in [0.29, 0.717) is 17.1 Å². The van der Waals surface area contributed by atoms with Crippen LogP contribution in [0.25, 0.3) is 0 Å². The molecule has 0 fully saturated rings. The molecule has 0 radical (unpaired) electrons. The van der Waals surface area contributed by atoms with E-state index in [1.54, 1.807) is 30.5 Å². The zero-order valence-corrected chi connectivity index (χ0v) is 9.47. The van der Waals surface area contributed by atoms with Gasteiger partial charge in [0.15, 0.2) is 0 Å². The second kappa shape index (κ2) is 4.65. The lowest BCUT2D eigenvalue weighted by molar-refractivity contribution is 0.102. The molecule has 1 heterocycles. The van der Waals surface area contributed by atoms with Crippen LogP contribution in [-0.2, 0) is 0 Å². The third-order valence-electron chi connectivity index (χ3n) is 2.34. The van der Waals surface area contributed by atoms with E-state index in [2.05, 4.69) is 10.3 Å². The Labute approximate surface area is 99.5 Å². The summed E-state index contributed by atoms with van der Waals surface area (Å²) in [5, 5.41) is 2.69. The largest absolute Gasteiger partial charge is 0.399 e. The van der Waals surface area contributed by atoms with Gasteiger partial charge in [0, 0.05) is 23.5 Å². The fourth-order valence-corrected chi connectivity index (χ4v) is 1.41. The number of aryl methyl sites for hydroxylation is 1. The fraction of sp³-hybridized carbons (Fsp3) is 0.0769. The lowest BCUT2D eigenvalue weighted by atomic mass is 10.1. The molecule has 3 N–H and O–H groups in total. The number of nitrogen functional groups attached to an aromatic ring is 1. The maximum atomic E-state index is 11.8. The molecule has 0 atom stereocenters. The zero-order chi connectivity index (χ0) is 12.3. The molecule has 2 aromatic rings. The Morgan fingerprint density at radius 2 is 1.94 bits per heavy atom. The van der Waals surface area contributed by atoms with Crippen molar-refractivity contribution in [2.45, 2.75) is 6.92 Å². The standard InChI is InChI=1S/C13H13N3O/c1-9-2-4-10(5-3-9)13(17)16-12-8-11(14)6-7-15-12/h2-8H,1H3,(H3,14,15,16,17). The summed E-state index contributed by atoms with van der Waals surface area (Å²) in [7, 11) is 0. The molecular formula is C13H13N3O. The third kappa shape index (κ3) is 2.81. The molecule has 1 aromatic heterocycles. The highest BCUT2D eigenvalue weighted by atomic mass is 16.1. The second-order valence-electron chi connectivity index (χ2n) is 3.79. The van der Waals surface area contributed by atoms with E-state index in [1.165, 1.54) is 0 Å². The minimum absolute atomic E-state index is 0.192. The summed E-state index contributed by atoms with van der Waals surface area (Å²) in [4.78, 5) is 15.9. The minimum Gasteiger partial charge on any atom is -0.399 e. The topological polar surface area (TPSA) is 68.0 Å². The van der Waals surface area contributed by atoms with Crippen molar-refractivity contribution in [3.8, 4) is 0 Å². The highest BCUT2D eigenvalue weighted by molar-refractivity contribution is 6.03. The van der Waals surface area contributed by atoms with Crippen LogP contribution >= 0.6 is 0 Å². The summed E-state index contributed by atoms with van der Waals surface area (Å²) < 4.78 is 0. The van der Waals surface area contributed by atoms with Crippen molar-refractivity contribution in [3.05, 3.63) is 53.7 Å². The van der Waals surface area contributed by atoms with Crippen LogP contribution < -0.4 is 11.1 Å². The van der Waals surface area contributed by atoms with Gasteiger partial charge in [0.05, 0.1) is 0 Å². The Hall–Kier alpha value is -2.36. The first-order valence-electron chi connectivity index (χ1n) is 5.25. The summed E-state index contributed by atoms with van der Waals surface area (Å²) in [6, 6.07) is 10.6. The summed E-state index contributed by atoms with van der Waals surface area (Å²) in [6.07, 6.45) is 1.56. The number of carbonyl (C=O) groups excluding carboxylic acids is 1. The van der Waals surface area contributed by atoms with Gasteiger partial charge < -0.3 is 11.1 Å². The number of benzene rings is 1. The van der Waals surface area contributed by atoms with Crippen molar-refractivity contribution in [3.63, 3.8) is 0 Å². The van der Waals surface area contributed by atoms with Crippen molar-refractivity contribution in [1.29, 1.82) is 0 Å². The first-order valence-corrected chi connectivity index (χ1v) is 5.25. The smallest absolute Gasteiger partial charge is 0.256 e. The molecule has 4 nitrogen and oxygen atoms in total. The molecule has 0 spiro atoms. The fourth-order valence-electron chi connectivity index (χ4n) is 1.41. The molecule has 0 aliphatic carbocycles. The Kier molecular flexibility index (Phi) is 3.05. The van der Waals surface area contributed by atoms with E-state index >= 15 is 0 Å². The minimum atomic E-state index is -0.192. The number of hydrogen-bond acceptors (Lipinski definition) is 3. The Morgan fingerprint density at radius 1 is 1.24 bits per heavy atom. The van der Waals surface area contributed by atoms with Crippen molar-refractivity contribution < 1.29 is 4.79 Å². The molecule has 0 saturated carbocycles. The molecule has 4 heteroatoms. The quantitative estimate of drug-likeness (QED) is 0.826. The van der Waals surface area contributed by atoms with Crippen LogP contribution in [-0.4, -0.2) is 10.9 Å². The molecule has 0 aliphatic heterocycles. The van der Waals surface area contributed by atoms with Gasteiger partial charge in [-0.3, -0.25) is 4.79 Å². The number of nitrogens with one attached hydrogen (secondary N) is 1. The van der Waals surface area contributed by atoms with Gasteiger partial charge in [0.25, 0.3) is 5.91 Å². The number of pyridine rings is 1. The lowest BCUT2D eigenvalue weighted by Gasteiger charge is -2.05. The van der Waals surface area contributed by atoms with Gasteiger partial charge in [-0.1, -0.05) is 17.7 Å². The van der Waals surface area contributed by atoms with Crippen LogP contribution in [0.2, 0.25) is 0 Å². The van der Waals surface area contributed by atoms with Gasteiger partial charge >= 0.3 is 0 Å². The summed E-state index contributed by atoms with van der Waals surface area (Å²) in [5.41, 5.74) is 7.88. The van der Waals surface area contributed by atoms with E-state index in [-0.39, 0.29) is 5.91 Å². The normalized spacial score (nSPS) is 9.94. The lowest BCUT2D eigenvalue weighted by Crippen LogP contribution is -2.12. The number of nitrogens with two attached hydrogens (primary N) is 1.